The zero-order chi connectivity index (χ0) is 18.8. The van der Waals surface area contributed by atoms with E-state index in [4.69, 9.17) is 0 Å². The van der Waals surface area contributed by atoms with Gasteiger partial charge in [-0.1, -0.05) is 48.5 Å². The second-order valence-electron chi connectivity index (χ2n) is 7.36. The molecule has 2 nitrogen and oxygen atoms in total. The Balaban J connectivity index is 0.000000145. The average molecular weight is 362 g/mol. The van der Waals surface area contributed by atoms with Crippen LogP contribution in [-0.4, -0.2) is 9.97 Å². The van der Waals surface area contributed by atoms with E-state index in [1.807, 2.05) is 24.4 Å². The smallest absolute Gasteiger partial charge is 0.0732 e. The van der Waals surface area contributed by atoms with Gasteiger partial charge in [-0.05, 0) is 76.6 Å². The zero-order valence-electron chi connectivity index (χ0n) is 15.8. The van der Waals surface area contributed by atoms with Gasteiger partial charge in [-0.2, -0.15) is 0 Å². The van der Waals surface area contributed by atoms with Crippen molar-refractivity contribution < 1.29 is 0 Å². The predicted molar refractivity (Wildman–Crippen MR) is 118 cm³/mol. The Hall–Kier alpha value is -3.26. The summed E-state index contributed by atoms with van der Waals surface area (Å²) in [6.07, 6.45) is 10.5. The van der Waals surface area contributed by atoms with Crippen LogP contribution in [0.4, 0.5) is 0 Å². The van der Waals surface area contributed by atoms with Gasteiger partial charge in [0.2, 0.25) is 0 Å². The average Bonchev–Trinajstić information content (AvgIpc) is 2.79. The SMILES string of the molecule is c1ccc2c(c1)ccc1c3c(ccc12)CCCC3.c1cnc2ccncc2c1. The normalized spacial score (nSPS) is 13.1. The van der Waals surface area contributed by atoms with Crippen LogP contribution in [0, 0.1) is 0 Å². The molecule has 1 aliphatic carbocycles. The number of nitrogens with zero attached hydrogens (tertiary/aromatic N) is 2. The molecule has 2 heteroatoms. The Bertz CT molecular complexity index is 1210. The van der Waals surface area contributed by atoms with Crippen LogP contribution in [0.3, 0.4) is 0 Å². The molecule has 28 heavy (non-hydrogen) atoms. The molecule has 0 aliphatic heterocycles. The lowest BCUT2D eigenvalue weighted by molar-refractivity contribution is 0.690. The summed E-state index contributed by atoms with van der Waals surface area (Å²) in [5, 5.41) is 6.73. The summed E-state index contributed by atoms with van der Waals surface area (Å²) in [5.41, 5.74) is 4.17. The highest BCUT2D eigenvalue weighted by Gasteiger charge is 2.13. The molecule has 0 fully saturated rings. The van der Waals surface area contributed by atoms with Gasteiger partial charge in [0.25, 0.3) is 0 Å². The summed E-state index contributed by atoms with van der Waals surface area (Å²) in [6.45, 7) is 0. The third-order valence-corrected chi connectivity index (χ3v) is 5.66. The molecule has 0 saturated heterocycles. The van der Waals surface area contributed by atoms with Crippen molar-refractivity contribution in [3.05, 3.63) is 96.4 Å². The highest BCUT2D eigenvalue weighted by Crippen LogP contribution is 2.33. The largest absolute Gasteiger partial charge is 0.264 e. The van der Waals surface area contributed by atoms with Gasteiger partial charge in [0.15, 0.2) is 0 Å². The monoisotopic (exact) mass is 362 g/mol. The summed E-state index contributed by atoms with van der Waals surface area (Å²) < 4.78 is 0. The van der Waals surface area contributed by atoms with E-state index < -0.39 is 0 Å². The third kappa shape index (κ3) is 3.11. The van der Waals surface area contributed by atoms with Crippen molar-refractivity contribution in [3.8, 4) is 0 Å². The van der Waals surface area contributed by atoms with Gasteiger partial charge in [-0.15, -0.1) is 0 Å². The van der Waals surface area contributed by atoms with Crippen molar-refractivity contribution >= 4 is 32.4 Å². The first-order chi connectivity index (χ1) is 13.9. The summed E-state index contributed by atoms with van der Waals surface area (Å²) in [4.78, 5) is 8.11. The van der Waals surface area contributed by atoms with E-state index in [1.54, 1.807) is 23.5 Å². The summed E-state index contributed by atoms with van der Waals surface area (Å²) in [7, 11) is 0. The van der Waals surface area contributed by atoms with E-state index in [2.05, 4.69) is 58.5 Å². The van der Waals surface area contributed by atoms with Crippen molar-refractivity contribution in [1.82, 2.24) is 9.97 Å². The fourth-order valence-corrected chi connectivity index (χ4v) is 4.26. The molecule has 0 atom stereocenters. The van der Waals surface area contributed by atoms with Crippen LogP contribution >= 0.6 is 0 Å². The molecule has 0 radical (unpaired) electrons. The number of aryl methyl sites for hydroxylation is 2. The number of aromatic nitrogens is 2. The molecule has 3 aromatic carbocycles. The van der Waals surface area contributed by atoms with E-state index in [-0.39, 0.29) is 0 Å². The first-order valence-electron chi connectivity index (χ1n) is 9.97. The standard InChI is InChI=1S/C18H16.C8H6N2/c1-3-7-15-13(5-1)9-11-18-16-8-4-2-6-14(16)10-12-17(15)18;1-2-7-6-9-5-3-8(7)10-4-1/h1,3,5,7,9-12H,2,4,6,8H2;1-6H. The van der Waals surface area contributed by atoms with E-state index >= 15 is 0 Å². The number of benzene rings is 3. The van der Waals surface area contributed by atoms with E-state index in [0.29, 0.717) is 0 Å². The maximum Gasteiger partial charge on any atom is 0.0732 e. The van der Waals surface area contributed by atoms with Crippen LogP contribution < -0.4 is 0 Å². The van der Waals surface area contributed by atoms with Crippen molar-refractivity contribution in [2.45, 2.75) is 25.7 Å². The Kier molecular flexibility index (Phi) is 4.46. The highest BCUT2D eigenvalue weighted by atomic mass is 14.7. The van der Waals surface area contributed by atoms with Crippen molar-refractivity contribution in [2.24, 2.45) is 0 Å². The molecule has 0 unspecified atom stereocenters. The summed E-state index contributed by atoms with van der Waals surface area (Å²) in [6, 6.07) is 23.8. The molecule has 2 heterocycles. The molecule has 136 valence electrons. The van der Waals surface area contributed by atoms with Gasteiger partial charge in [0, 0.05) is 24.0 Å². The molecule has 0 N–H and O–H groups in total. The minimum absolute atomic E-state index is 0.998. The van der Waals surface area contributed by atoms with Crippen molar-refractivity contribution in [3.63, 3.8) is 0 Å². The molecule has 0 spiro atoms. The number of hydrogen-bond acceptors (Lipinski definition) is 2. The molecular weight excluding hydrogens is 340 g/mol. The van der Waals surface area contributed by atoms with Gasteiger partial charge >= 0.3 is 0 Å². The van der Waals surface area contributed by atoms with E-state index in [0.717, 1.165) is 10.9 Å². The van der Waals surface area contributed by atoms with Crippen LogP contribution in [0.5, 0.6) is 0 Å². The second-order valence-corrected chi connectivity index (χ2v) is 7.36. The molecule has 0 saturated carbocycles. The van der Waals surface area contributed by atoms with Crippen LogP contribution in [0.15, 0.2) is 85.3 Å². The molecular formula is C26H22N2. The first-order valence-corrected chi connectivity index (χ1v) is 9.97. The summed E-state index contributed by atoms with van der Waals surface area (Å²) >= 11 is 0. The van der Waals surface area contributed by atoms with Gasteiger partial charge < -0.3 is 0 Å². The Morgan fingerprint density at radius 3 is 2.43 bits per heavy atom. The topological polar surface area (TPSA) is 25.8 Å². The first kappa shape index (κ1) is 16.9. The van der Waals surface area contributed by atoms with Gasteiger partial charge in [0.1, 0.15) is 0 Å². The van der Waals surface area contributed by atoms with Crippen LogP contribution in [-0.2, 0) is 12.8 Å². The lowest BCUT2D eigenvalue weighted by Gasteiger charge is -2.18. The maximum atomic E-state index is 4.14. The van der Waals surface area contributed by atoms with Crippen LogP contribution in [0.1, 0.15) is 24.0 Å². The fourth-order valence-electron chi connectivity index (χ4n) is 4.26. The van der Waals surface area contributed by atoms with Crippen LogP contribution in [0.25, 0.3) is 32.4 Å². The number of hydrogen-bond donors (Lipinski definition) is 0. The lowest BCUT2D eigenvalue weighted by atomic mass is 9.86. The zero-order valence-corrected chi connectivity index (χ0v) is 15.8. The minimum atomic E-state index is 0.998. The van der Waals surface area contributed by atoms with Gasteiger partial charge in [-0.25, -0.2) is 0 Å². The Labute approximate surface area is 164 Å². The molecule has 6 rings (SSSR count). The number of pyridine rings is 2. The van der Waals surface area contributed by atoms with Gasteiger partial charge in [0.05, 0.1) is 5.52 Å². The number of rotatable bonds is 0. The number of fused-ring (bicyclic) bond motifs is 6. The minimum Gasteiger partial charge on any atom is -0.264 e. The highest BCUT2D eigenvalue weighted by molar-refractivity contribution is 6.08. The molecule has 0 amide bonds. The molecule has 5 aromatic rings. The second kappa shape index (κ2) is 7.40. The van der Waals surface area contributed by atoms with Crippen molar-refractivity contribution in [1.29, 1.82) is 0 Å². The fraction of sp³-hybridized carbons (Fsp3) is 0.154. The van der Waals surface area contributed by atoms with E-state index in [9.17, 15) is 0 Å². The Morgan fingerprint density at radius 2 is 1.46 bits per heavy atom. The Morgan fingerprint density at radius 1 is 0.607 bits per heavy atom. The molecule has 2 aromatic heterocycles. The molecule has 1 aliphatic rings. The molecule has 0 bridgehead atoms. The third-order valence-electron chi connectivity index (χ3n) is 5.66. The summed E-state index contributed by atoms with van der Waals surface area (Å²) in [5.74, 6) is 0. The lowest BCUT2D eigenvalue weighted by Crippen LogP contribution is -2.02. The quantitative estimate of drug-likeness (QED) is 0.294. The predicted octanol–water partition coefficient (Wildman–Crippen LogP) is 6.50. The van der Waals surface area contributed by atoms with Crippen molar-refractivity contribution in [2.75, 3.05) is 0 Å². The van der Waals surface area contributed by atoms with E-state index in [1.165, 1.54) is 47.2 Å². The maximum absolute atomic E-state index is 4.14. The van der Waals surface area contributed by atoms with Crippen LogP contribution in [0.2, 0.25) is 0 Å². The van der Waals surface area contributed by atoms with Gasteiger partial charge in [-0.3, -0.25) is 9.97 Å².